The number of benzene rings is 1. The molecule has 2 aromatic rings. The Bertz CT molecular complexity index is 1060. The van der Waals surface area contributed by atoms with Gasteiger partial charge in [-0.25, -0.2) is 4.39 Å². The fourth-order valence-electron chi connectivity index (χ4n) is 4.09. The molecule has 4 rings (SSSR count). The molecule has 148 valence electrons. The zero-order valence-electron chi connectivity index (χ0n) is 15.5. The SMILES string of the molecule is Cc1c(N2CCC(N)C2)c(F)cc2c(=O)c(C(=O)C[N+](=O)[O-])cn(C3CC3)c12. The number of fused-ring (bicyclic) bond motifs is 1. The Morgan fingerprint density at radius 2 is 2.11 bits per heavy atom. The number of hydrogen-bond acceptors (Lipinski definition) is 6. The van der Waals surface area contributed by atoms with Gasteiger partial charge in [-0.05, 0) is 37.8 Å². The van der Waals surface area contributed by atoms with Gasteiger partial charge in [-0.2, -0.15) is 0 Å². The van der Waals surface area contributed by atoms with Crippen LogP contribution in [-0.4, -0.2) is 40.9 Å². The molecule has 0 radical (unpaired) electrons. The third-order valence-electron chi connectivity index (χ3n) is 5.53. The number of nitrogens with zero attached hydrogens (tertiary/aromatic N) is 3. The minimum absolute atomic E-state index is 0.0257. The first-order valence-corrected chi connectivity index (χ1v) is 9.31. The number of halogens is 1. The van der Waals surface area contributed by atoms with E-state index in [4.69, 9.17) is 5.73 Å². The average Bonchev–Trinajstić information content (AvgIpc) is 3.37. The molecule has 1 aliphatic carbocycles. The molecular weight excluding hydrogens is 367 g/mol. The van der Waals surface area contributed by atoms with Crippen LogP contribution >= 0.6 is 0 Å². The highest BCUT2D eigenvalue weighted by Crippen LogP contribution is 2.40. The summed E-state index contributed by atoms with van der Waals surface area (Å²) in [7, 11) is 0. The highest BCUT2D eigenvalue weighted by molar-refractivity contribution is 6.00. The van der Waals surface area contributed by atoms with Crippen molar-refractivity contribution in [2.45, 2.75) is 38.3 Å². The lowest BCUT2D eigenvalue weighted by Gasteiger charge is -2.24. The van der Waals surface area contributed by atoms with Crippen molar-refractivity contribution < 1.29 is 14.1 Å². The van der Waals surface area contributed by atoms with Crippen LogP contribution in [0.2, 0.25) is 0 Å². The normalized spacial score (nSPS) is 19.4. The van der Waals surface area contributed by atoms with Crippen molar-refractivity contribution in [2.75, 3.05) is 24.5 Å². The Morgan fingerprint density at radius 1 is 1.39 bits per heavy atom. The summed E-state index contributed by atoms with van der Waals surface area (Å²) in [6.45, 7) is 1.98. The van der Waals surface area contributed by atoms with E-state index in [-0.39, 0.29) is 23.0 Å². The number of pyridine rings is 1. The van der Waals surface area contributed by atoms with Crippen LogP contribution in [0.4, 0.5) is 10.1 Å². The van der Waals surface area contributed by atoms with E-state index in [1.807, 2.05) is 9.47 Å². The van der Waals surface area contributed by atoms with Gasteiger partial charge in [-0.15, -0.1) is 0 Å². The van der Waals surface area contributed by atoms with E-state index >= 15 is 4.39 Å². The van der Waals surface area contributed by atoms with Crippen molar-refractivity contribution in [3.63, 3.8) is 0 Å². The number of anilines is 1. The summed E-state index contributed by atoms with van der Waals surface area (Å²) in [5.41, 5.74) is 6.69. The molecule has 2 heterocycles. The lowest BCUT2D eigenvalue weighted by Crippen LogP contribution is -2.28. The van der Waals surface area contributed by atoms with E-state index in [1.54, 1.807) is 6.92 Å². The summed E-state index contributed by atoms with van der Waals surface area (Å²) < 4.78 is 16.8. The number of aryl methyl sites for hydroxylation is 1. The number of hydrogen-bond donors (Lipinski definition) is 1. The number of carbonyl (C=O) groups is 1. The van der Waals surface area contributed by atoms with E-state index in [0.29, 0.717) is 29.9 Å². The monoisotopic (exact) mass is 388 g/mol. The lowest BCUT2D eigenvalue weighted by atomic mass is 10.0. The van der Waals surface area contributed by atoms with Crippen LogP contribution in [0.5, 0.6) is 0 Å². The highest BCUT2D eigenvalue weighted by atomic mass is 19.1. The number of carbonyl (C=O) groups excluding carboxylic acids is 1. The third-order valence-corrected chi connectivity index (χ3v) is 5.53. The van der Waals surface area contributed by atoms with Crippen molar-refractivity contribution in [2.24, 2.45) is 5.73 Å². The van der Waals surface area contributed by atoms with Crippen LogP contribution in [0.25, 0.3) is 10.9 Å². The zero-order chi connectivity index (χ0) is 20.2. The molecule has 9 heteroatoms. The van der Waals surface area contributed by atoms with Crippen LogP contribution in [0.15, 0.2) is 17.1 Å². The third kappa shape index (κ3) is 3.05. The number of nitrogens with two attached hydrogens (primary N) is 1. The van der Waals surface area contributed by atoms with Crippen molar-refractivity contribution in [3.05, 3.63) is 49.5 Å². The first-order chi connectivity index (χ1) is 13.3. The molecule has 0 amide bonds. The minimum atomic E-state index is -0.962. The molecule has 1 atom stereocenters. The maximum atomic E-state index is 15.0. The fourth-order valence-corrected chi connectivity index (χ4v) is 4.09. The molecule has 0 spiro atoms. The van der Waals surface area contributed by atoms with Gasteiger partial charge in [0.15, 0.2) is 0 Å². The number of ketones is 1. The molecule has 1 unspecified atom stereocenters. The zero-order valence-corrected chi connectivity index (χ0v) is 15.5. The van der Waals surface area contributed by atoms with Crippen molar-refractivity contribution >= 4 is 22.4 Å². The first-order valence-electron chi connectivity index (χ1n) is 9.31. The number of nitro groups is 1. The standard InChI is InChI=1S/C19H21FN4O4/c1-10-17-13(6-15(20)18(10)22-5-4-11(21)7-22)19(26)14(16(25)9-24(27)28)8-23(17)12-2-3-12/h6,8,11-12H,2-5,7,9,21H2,1H3. The Kier molecular flexibility index (Phi) is 4.41. The second-order valence-electron chi connectivity index (χ2n) is 7.65. The maximum absolute atomic E-state index is 15.0. The maximum Gasteiger partial charge on any atom is 0.266 e. The van der Waals surface area contributed by atoms with Gasteiger partial charge in [0.25, 0.3) is 6.54 Å². The summed E-state index contributed by atoms with van der Waals surface area (Å²) >= 11 is 0. The van der Waals surface area contributed by atoms with E-state index in [1.165, 1.54) is 6.20 Å². The second kappa shape index (κ2) is 6.66. The van der Waals surface area contributed by atoms with Gasteiger partial charge in [-0.3, -0.25) is 19.7 Å². The van der Waals surface area contributed by atoms with Crippen LogP contribution in [0.1, 0.15) is 41.2 Å². The second-order valence-corrected chi connectivity index (χ2v) is 7.65. The van der Waals surface area contributed by atoms with E-state index in [2.05, 4.69) is 0 Å². The summed E-state index contributed by atoms with van der Waals surface area (Å²) in [4.78, 5) is 36.9. The average molecular weight is 388 g/mol. The van der Waals surface area contributed by atoms with Gasteiger partial charge in [-0.1, -0.05) is 0 Å². The molecule has 1 aromatic heterocycles. The molecule has 8 nitrogen and oxygen atoms in total. The van der Waals surface area contributed by atoms with Crippen LogP contribution < -0.4 is 16.1 Å². The predicted molar refractivity (Wildman–Crippen MR) is 102 cm³/mol. The summed E-state index contributed by atoms with van der Waals surface area (Å²) in [5, 5.41) is 10.8. The number of aromatic nitrogens is 1. The van der Waals surface area contributed by atoms with Crippen molar-refractivity contribution in [1.82, 2.24) is 4.57 Å². The van der Waals surface area contributed by atoms with Gasteiger partial charge >= 0.3 is 0 Å². The van der Waals surface area contributed by atoms with Crippen molar-refractivity contribution in [3.8, 4) is 0 Å². The molecular formula is C19H21FN4O4. The van der Waals surface area contributed by atoms with Gasteiger partial charge in [0.2, 0.25) is 11.2 Å². The first kappa shape index (κ1) is 18.5. The van der Waals surface area contributed by atoms with Crippen LogP contribution in [0.3, 0.4) is 0 Å². The predicted octanol–water partition coefficient (Wildman–Crippen LogP) is 1.78. The van der Waals surface area contributed by atoms with E-state index < -0.39 is 28.5 Å². The number of rotatable bonds is 5. The van der Waals surface area contributed by atoms with Gasteiger partial charge in [0.05, 0.1) is 16.8 Å². The smallest absolute Gasteiger partial charge is 0.266 e. The number of Topliss-reactive ketones (excluding diaryl/α,β-unsaturated/α-hetero) is 1. The molecule has 0 bridgehead atoms. The lowest BCUT2D eigenvalue weighted by molar-refractivity contribution is -0.465. The fraction of sp³-hybridized carbons (Fsp3) is 0.474. The van der Waals surface area contributed by atoms with Gasteiger partial charge in [0, 0.05) is 41.7 Å². The van der Waals surface area contributed by atoms with E-state index in [0.717, 1.165) is 25.3 Å². The molecule has 2 aliphatic rings. The Balaban J connectivity index is 1.95. The molecule has 1 aliphatic heterocycles. The van der Waals surface area contributed by atoms with E-state index in [9.17, 15) is 19.7 Å². The quantitative estimate of drug-likeness (QED) is 0.475. The van der Waals surface area contributed by atoms with Gasteiger partial charge in [0.1, 0.15) is 5.82 Å². The minimum Gasteiger partial charge on any atom is -0.367 e. The van der Waals surface area contributed by atoms with Gasteiger partial charge < -0.3 is 15.2 Å². The highest BCUT2D eigenvalue weighted by Gasteiger charge is 2.31. The van der Waals surface area contributed by atoms with Crippen molar-refractivity contribution in [1.29, 1.82) is 0 Å². The Morgan fingerprint density at radius 3 is 2.68 bits per heavy atom. The summed E-state index contributed by atoms with van der Waals surface area (Å²) in [5.74, 6) is -1.41. The van der Waals surface area contributed by atoms with Crippen LogP contribution in [-0.2, 0) is 0 Å². The molecule has 28 heavy (non-hydrogen) atoms. The molecule has 1 saturated heterocycles. The summed E-state index contributed by atoms with van der Waals surface area (Å²) in [6, 6.07) is 1.23. The van der Waals surface area contributed by atoms with Crippen LogP contribution in [0, 0.1) is 22.9 Å². The molecule has 1 aromatic carbocycles. The topological polar surface area (TPSA) is 111 Å². The largest absolute Gasteiger partial charge is 0.367 e. The molecule has 2 fully saturated rings. The Labute approximate surface area is 159 Å². The molecule has 2 N–H and O–H groups in total. The molecule has 1 saturated carbocycles. The summed E-state index contributed by atoms with van der Waals surface area (Å²) in [6.07, 6.45) is 3.93. The Hall–Kier alpha value is -2.81.